The quantitative estimate of drug-likeness (QED) is 0.224. The fourth-order valence-corrected chi connectivity index (χ4v) is 4.85. The second-order valence-electron chi connectivity index (χ2n) is 9.07. The molecule has 1 aliphatic rings. The van der Waals surface area contributed by atoms with Gasteiger partial charge in [0.05, 0.1) is 0 Å². The zero-order valence-electron chi connectivity index (χ0n) is 19.7. The average Bonchev–Trinajstić information content (AvgIpc) is 2.72. The third-order valence-corrected chi connectivity index (χ3v) is 6.81. The maximum atomic E-state index is 12.1. The lowest BCUT2D eigenvalue weighted by molar-refractivity contribution is -0.140. The number of likely N-dealkylation sites (tertiary alicyclic amines) is 1. The molecule has 0 aromatic heterocycles. The van der Waals surface area contributed by atoms with Gasteiger partial charge < -0.3 is 14.7 Å². The third-order valence-electron chi connectivity index (χ3n) is 6.24. The van der Waals surface area contributed by atoms with Gasteiger partial charge in [-0.25, -0.2) is 4.57 Å². The van der Waals surface area contributed by atoms with E-state index in [1.807, 2.05) is 0 Å². The van der Waals surface area contributed by atoms with Crippen molar-refractivity contribution >= 4 is 13.7 Å². The first-order valence-electron chi connectivity index (χ1n) is 12.5. The van der Waals surface area contributed by atoms with Gasteiger partial charge in [-0.3, -0.25) is 9.32 Å². The Labute approximate surface area is 194 Å². The normalized spacial score (nSPS) is 14.5. The van der Waals surface area contributed by atoms with Crippen LogP contribution < -0.4 is 0 Å². The number of unbranched alkanes of at least 4 members (excludes halogenated alkanes) is 9. The lowest BCUT2D eigenvalue weighted by Crippen LogP contribution is -2.54. The molecule has 1 heterocycles. The lowest BCUT2D eigenvalue weighted by Gasteiger charge is -2.38. The Hall–Kier alpha value is -1.20. The van der Waals surface area contributed by atoms with E-state index in [2.05, 4.69) is 35.7 Å². The van der Waals surface area contributed by atoms with Crippen LogP contribution in [0, 0.1) is 0 Å². The van der Waals surface area contributed by atoms with Gasteiger partial charge in [-0.15, -0.1) is 0 Å². The van der Waals surface area contributed by atoms with Crippen molar-refractivity contribution < 1.29 is 23.7 Å². The van der Waals surface area contributed by atoms with Gasteiger partial charge in [0.15, 0.2) is 0 Å². The predicted molar refractivity (Wildman–Crippen MR) is 128 cm³/mol. The highest BCUT2D eigenvalue weighted by Gasteiger charge is 2.35. The predicted octanol–water partition coefficient (Wildman–Crippen LogP) is 5.79. The fourth-order valence-electron chi connectivity index (χ4n) is 4.32. The number of nitrogens with zero attached hydrogens (tertiary/aromatic N) is 1. The SMILES string of the molecule is CCCCCCCCc1ccccc1CCCCCCCC(=O)N1CC(OP(=O)(O)O)C1. The number of phosphoric acid groups is 1. The van der Waals surface area contributed by atoms with Crippen molar-refractivity contribution in [3.63, 3.8) is 0 Å². The van der Waals surface area contributed by atoms with Crippen molar-refractivity contribution in [2.24, 2.45) is 0 Å². The smallest absolute Gasteiger partial charge is 0.337 e. The summed E-state index contributed by atoms with van der Waals surface area (Å²) in [5.74, 6) is 0.0548. The third kappa shape index (κ3) is 11.1. The van der Waals surface area contributed by atoms with Crippen molar-refractivity contribution in [2.75, 3.05) is 13.1 Å². The minimum Gasteiger partial charge on any atom is -0.337 e. The van der Waals surface area contributed by atoms with Crippen molar-refractivity contribution in [1.29, 1.82) is 0 Å². The van der Waals surface area contributed by atoms with Crippen molar-refractivity contribution in [3.8, 4) is 0 Å². The van der Waals surface area contributed by atoms with Gasteiger partial charge in [0.2, 0.25) is 5.91 Å². The molecule has 0 aliphatic carbocycles. The summed E-state index contributed by atoms with van der Waals surface area (Å²) in [5, 5.41) is 0. The Morgan fingerprint density at radius 3 is 1.94 bits per heavy atom. The van der Waals surface area contributed by atoms with Crippen molar-refractivity contribution in [3.05, 3.63) is 35.4 Å². The van der Waals surface area contributed by atoms with Crippen molar-refractivity contribution in [1.82, 2.24) is 4.90 Å². The zero-order chi connectivity index (χ0) is 23.2. The minimum absolute atomic E-state index is 0.0548. The minimum atomic E-state index is -4.46. The van der Waals surface area contributed by atoms with E-state index in [4.69, 9.17) is 9.79 Å². The number of phosphoric ester groups is 1. The Morgan fingerprint density at radius 2 is 1.41 bits per heavy atom. The van der Waals surface area contributed by atoms with Crippen LogP contribution in [0.2, 0.25) is 0 Å². The highest BCUT2D eigenvalue weighted by molar-refractivity contribution is 7.46. The van der Waals surface area contributed by atoms with Crippen LogP contribution in [0.4, 0.5) is 0 Å². The summed E-state index contributed by atoms with van der Waals surface area (Å²) >= 11 is 0. The second kappa shape index (κ2) is 14.8. The van der Waals surface area contributed by atoms with E-state index in [1.165, 1.54) is 68.9 Å². The molecule has 7 heteroatoms. The average molecular weight is 468 g/mol. The van der Waals surface area contributed by atoms with Crippen LogP contribution in [-0.4, -0.2) is 39.8 Å². The fraction of sp³-hybridized carbons (Fsp3) is 0.720. The zero-order valence-corrected chi connectivity index (χ0v) is 20.6. The number of benzene rings is 1. The first-order valence-corrected chi connectivity index (χ1v) is 14.0. The monoisotopic (exact) mass is 467 g/mol. The molecular weight excluding hydrogens is 425 g/mol. The molecule has 0 radical (unpaired) electrons. The van der Waals surface area contributed by atoms with E-state index in [9.17, 15) is 9.36 Å². The van der Waals surface area contributed by atoms with Crippen molar-refractivity contribution in [2.45, 2.75) is 103 Å². The van der Waals surface area contributed by atoms with Gasteiger partial charge in [0.1, 0.15) is 6.10 Å². The molecule has 182 valence electrons. The van der Waals surface area contributed by atoms with E-state index >= 15 is 0 Å². The Balaban J connectivity index is 1.51. The molecule has 1 fully saturated rings. The highest BCUT2D eigenvalue weighted by Crippen LogP contribution is 2.39. The van der Waals surface area contributed by atoms with E-state index in [0.29, 0.717) is 6.42 Å². The summed E-state index contributed by atoms with van der Waals surface area (Å²) in [6.45, 7) is 2.82. The summed E-state index contributed by atoms with van der Waals surface area (Å²) in [6.07, 6.45) is 15.7. The van der Waals surface area contributed by atoms with Crippen LogP contribution in [0.15, 0.2) is 24.3 Å². The van der Waals surface area contributed by atoms with Crippen LogP contribution in [0.1, 0.15) is 95.1 Å². The molecule has 6 nitrogen and oxygen atoms in total. The van der Waals surface area contributed by atoms with E-state index in [0.717, 1.165) is 25.7 Å². The molecule has 1 saturated heterocycles. The molecule has 1 aliphatic heterocycles. The molecule has 0 unspecified atom stereocenters. The highest BCUT2D eigenvalue weighted by atomic mass is 31.2. The molecule has 0 saturated carbocycles. The summed E-state index contributed by atoms with van der Waals surface area (Å²) in [6, 6.07) is 8.88. The largest absolute Gasteiger partial charge is 0.469 e. The number of rotatable bonds is 17. The van der Waals surface area contributed by atoms with Gasteiger partial charge >= 0.3 is 7.82 Å². The molecule has 1 aromatic carbocycles. The maximum absolute atomic E-state index is 12.1. The summed E-state index contributed by atoms with van der Waals surface area (Å²) in [7, 11) is -4.46. The molecule has 1 amide bonds. The Morgan fingerprint density at radius 1 is 0.906 bits per heavy atom. The topological polar surface area (TPSA) is 87.1 Å². The number of hydrogen-bond donors (Lipinski definition) is 2. The van der Waals surface area contributed by atoms with E-state index in [1.54, 1.807) is 4.90 Å². The molecule has 32 heavy (non-hydrogen) atoms. The van der Waals surface area contributed by atoms with Crippen LogP contribution in [0.3, 0.4) is 0 Å². The number of amides is 1. The molecular formula is C25H42NO5P. The second-order valence-corrected chi connectivity index (χ2v) is 10.3. The van der Waals surface area contributed by atoms with Gasteiger partial charge in [-0.1, -0.05) is 82.6 Å². The summed E-state index contributed by atoms with van der Waals surface area (Å²) in [5.41, 5.74) is 3.02. The summed E-state index contributed by atoms with van der Waals surface area (Å²) < 4.78 is 15.4. The number of carbonyl (C=O) groups excluding carboxylic acids is 1. The lowest BCUT2D eigenvalue weighted by atomic mass is 9.96. The van der Waals surface area contributed by atoms with Gasteiger partial charge in [0.25, 0.3) is 0 Å². The van der Waals surface area contributed by atoms with Crippen LogP contribution in [0.5, 0.6) is 0 Å². The molecule has 0 atom stereocenters. The molecule has 0 bridgehead atoms. The Kier molecular flexibility index (Phi) is 12.6. The first-order chi connectivity index (χ1) is 15.4. The molecule has 2 rings (SSSR count). The molecule has 0 spiro atoms. The van der Waals surface area contributed by atoms with Gasteiger partial charge in [-0.05, 0) is 43.2 Å². The number of hydrogen-bond acceptors (Lipinski definition) is 3. The van der Waals surface area contributed by atoms with Gasteiger partial charge in [0, 0.05) is 19.5 Å². The Bertz CT molecular complexity index is 714. The van der Waals surface area contributed by atoms with E-state index < -0.39 is 13.9 Å². The first kappa shape index (κ1) is 27.0. The summed E-state index contributed by atoms with van der Waals surface area (Å²) in [4.78, 5) is 31.2. The van der Waals surface area contributed by atoms with E-state index in [-0.39, 0.29) is 19.0 Å². The number of aryl methyl sites for hydroxylation is 2. The maximum Gasteiger partial charge on any atom is 0.469 e. The van der Waals surface area contributed by atoms with Crippen LogP contribution in [0.25, 0.3) is 0 Å². The molecule has 1 aromatic rings. The van der Waals surface area contributed by atoms with Crippen LogP contribution in [-0.2, 0) is 26.7 Å². The van der Waals surface area contributed by atoms with Crippen LogP contribution >= 0.6 is 7.82 Å². The molecule has 2 N–H and O–H groups in total. The van der Waals surface area contributed by atoms with Gasteiger partial charge in [-0.2, -0.15) is 0 Å². The number of carbonyl (C=O) groups is 1. The standard InChI is InChI=1S/C25H42NO5P/c1-2-3-4-5-7-10-15-22-17-13-14-18-23(22)16-11-8-6-9-12-19-25(27)26-20-24(21-26)31-32(28,29)30/h13-14,17-18,24H,2-12,15-16,19-21H2,1H3,(H2,28,29,30).